The highest BCUT2D eigenvalue weighted by Gasteiger charge is 2.11. The van der Waals surface area contributed by atoms with E-state index in [0.717, 1.165) is 5.56 Å². The van der Waals surface area contributed by atoms with E-state index in [1.165, 1.54) is 0 Å². The largest absolute Gasteiger partial charge is 0.282 e. The first kappa shape index (κ1) is 12.0. The highest BCUT2D eigenvalue weighted by Crippen LogP contribution is 2.18. The number of aromatic amines is 2. The zero-order chi connectivity index (χ0) is 12.5. The van der Waals surface area contributed by atoms with Crippen molar-refractivity contribution >= 4 is 22.1 Å². The molecule has 5 nitrogen and oxygen atoms in total. The summed E-state index contributed by atoms with van der Waals surface area (Å²) in [5, 5.41) is 5.49. The lowest BCUT2D eigenvalue weighted by molar-refractivity contribution is 0.597. The molecule has 2 rings (SSSR count). The van der Waals surface area contributed by atoms with Crippen LogP contribution in [0.3, 0.4) is 0 Å². The fourth-order valence-corrected chi connectivity index (χ4v) is 2.42. The van der Waals surface area contributed by atoms with Gasteiger partial charge in [0.25, 0.3) is 0 Å². The van der Waals surface area contributed by atoms with Gasteiger partial charge >= 0.3 is 0 Å². The van der Waals surface area contributed by atoms with Gasteiger partial charge in [0.05, 0.1) is 10.6 Å². The molecule has 2 aromatic rings. The number of hydrogen-bond acceptors (Lipinski definition) is 4. The predicted octanol–water partition coefficient (Wildman–Crippen LogP) is 1.93. The summed E-state index contributed by atoms with van der Waals surface area (Å²) in [6, 6.07) is 6.54. The van der Waals surface area contributed by atoms with Crippen LogP contribution in [0.25, 0.3) is 11.4 Å². The van der Waals surface area contributed by atoms with Crippen LogP contribution in [-0.2, 0) is 9.84 Å². The number of H-pyrrole nitrogens is 2. The van der Waals surface area contributed by atoms with Gasteiger partial charge in [0.2, 0.25) is 4.77 Å². The molecule has 0 aliphatic carbocycles. The lowest BCUT2D eigenvalue weighted by atomic mass is 10.2. The van der Waals surface area contributed by atoms with Gasteiger partial charge < -0.3 is 0 Å². The molecule has 0 bridgehead atoms. The van der Waals surface area contributed by atoms with Crippen molar-refractivity contribution in [3.63, 3.8) is 0 Å². The molecule has 0 spiro atoms. The molecule has 0 aliphatic rings. The third kappa shape index (κ3) is 2.45. The maximum atomic E-state index is 11.6. The Hall–Kier alpha value is -1.47. The van der Waals surface area contributed by atoms with E-state index in [4.69, 9.17) is 12.2 Å². The van der Waals surface area contributed by atoms with Gasteiger partial charge in [0.1, 0.15) is 0 Å². The van der Waals surface area contributed by atoms with Crippen LogP contribution < -0.4 is 0 Å². The van der Waals surface area contributed by atoms with E-state index in [1.54, 1.807) is 31.2 Å². The second-order valence-corrected chi connectivity index (χ2v) is 6.11. The van der Waals surface area contributed by atoms with E-state index in [-0.39, 0.29) is 5.75 Å². The molecule has 0 saturated carbocycles. The summed E-state index contributed by atoms with van der Waals surface area (Å²) in [5.74, 6) is 0.687. The minimum atomic E-state index is -3.15. The lowest BCUT2D eigenvalue weighted by Crippen LogP contribution is -2.03. The molecule has 1 aromatic carbocycles. The summed E-state index contributed by atoms with van der Waals surface area (Å²) in [7, 11) is -3.15. The molecule has 0 saturated heterocycles. The molecule has 1 heterocycles. The average Bonchev–Trinajstić information content (AvgIpc) is 2.76. The number of hydrogen-bond donors (Lipinski definition) is 2. The van der Waals surface area contributed by atoms with E-state index in [2.05, 4.69) is 15.2 Å². The number of nitrogens with one attached hydrogen (secondary N) is 2. The van der Waals surface area contributed by atoms with Gasteiger partial charge in [-0.1, -0.05) is 6.92 Å². The maximum Gasteiger partial charge on any atom is 0.213 e. The monoisotopic (exact) mass is 269 g/mol. The summed E-state index contributed by atoms with van der Waals surface area (Å²) in [6.45, 7) is 1.62. The molecule has 90 valence electrons. The first-order valence-electron chi connectivity index (χ1n) is 5.01. The SMILES string of the molecule is CCS(=O)(=O)c1ccc(-c2nc(=S)[nH][nH]2)cc1. The molecule has 0 amide bonds. The highest BCUT2D eigenvalue weighted by molar-refractivity contribution is 7.91. The Bertz CT molecular complexity index is 668. The van der Waals surface area contributed by atoms with Crippen LogP contribution in [0, 0.1) is 4.77 Å². The standard InChI is InChI=1S/C10H11N3O2S2/c1-2-17(14,15)8-5-3-7(4-6-8)9-11-10(16)13-12-9/h3-6H,2H2,1H3,(H2,11,12,13,16). The Morgan fingerprint density at radius 2 is 1.88 bits per heavy atom. The van der Waals surface area contributed by atoms with E-state index < -0.39 is 9.84 Å². The molecule has 7 heteroatoms. The third-order valence-corrected chi connectivity index (χ3v) is 4.31. The smallest absolute Gasteiger partial charge is 0.213 e. The molecule has 17 heavy (non-hydrogen) atoms. The molecule has 1 aromatic heterocycles. The number of aromatic nitrogens is 3. The summed E-state index contributed by atoms with van der Waals surface area (Å²) in [4.78, 5) is 4.36. The van der Waals surface area contributed by atoms with Crippen LogP contribution in [-0.4, -0.2) is 29.4 Å². The number of benzene rings is 1. The van der Waals surface area contributed by atoms with Crippen molar-refractivity contribution in [1.82, 2.24) is 15.2 Å². The Balaban J connectivity index is 2.40. The van der Waals surface area contributed by atoms with Crippen molar-refractivity contribution in [2.75, 3.05) is 5.75 Å². The van der Waals surface area contributed by atoms with Gasteiger partial charge in [-0.3, -0.25) is 10.2 Å². The first-order chi connectivity index (χ1) is 8.03. The molecule has 2 N–H and O–H groups in total. The van der Waals surface area contributed by atoms with Gasteiger partial charge in [0.15, 0.2) is 15.7 Å². The average molecular weight is 269 g/mol. The van der Waals surface area contributed by atoms with Gasteiger partial charge in [-0.25, -0.2) is 8.42 Å². The molecular formula is C10H11N3O2S2. The van der Waals surface area contributed by atoms with Gasteiger partial charge in [-0.15, -0.1) is 0 Å². The van der Waals surface area contributed by atoms with Gasteiger partial charge in [-0.2, -0.15) is 4.98 Å². The molecule has 0 unspecified atom stereocenters. The molecule has 0 fully saturated rings. The third-order valence-electron chi connectivity index (χ3n) is 2.37. The molecule has 0 aliphatic heterocycles. The summed E-state index contributed by atoms with van der Waals surface area (Å²) in [6.07, 6.45) is 0. The van der Waals surface area contributed by atoms with Crippen molar-refractivity contribution in [3.8, 4) is 11.4 Å². The number of nitrogens with zero attached hydrogens (tertiary/aromatic N) is 1. The summed E-state index contributed by atoms with van der Waals surface area (Å²) in [5.41, 5.74) is 0.785. The Labute approximate surface area is 104 Å². The van der Waals surface area contributed by atoms with Crippen molar-refractivity contribution in [3.05, 3.63) is 29.0 Å². The van der Waals surface area contributed by atoms with Crippen LogP contribution in [0.1, 0.15) is 6.92 Å². The molecule has 0 atom stereocenters. The van der Waals surface area contributed by atoms with Gasteiger partial charge in [-0.05, 0) is 36.5 Å². The van der Waals surface area contributed by atoms with Crippen molar-refractivity contribution in [1.29, 1.82) is 0 Å². The lowest BCUT2D eigenvalue weighted by Gasteiger charge is -2.01. The topological polar surface area (TPSA) is 78.6 Å². The van der Waals surface area contributed by atoms with Gasteiger partial charge in [0, 0.05) is 5.56 Å². The first-order valence-corrected chi connectivity index (χ1v) is 7.07. The van der Waals surface area contributed by atoms with Crippen molar-refractivity contribution < 1.29 is 8.42 Å². The van der Waals surface area contributed by atoms with E-state index in [0.29, 0.717) is 15.5 Å². The van der Waals surface area contributed by atoms with Crippen LogP contribution in [0.4, 0.5) is 0 Å². The van der Waals surface area contributed by atoms with Crippen molar-refractivity contribution in [2.24, 2.45) is 0 Å². The Morgan fingerprint density at radius 3 is 2.35 bits per heavy atom. The Kier molecular flexibility index (Phi) is 3.12. The van der Waals surface area contributed by atoms with Crippen LogP contribution in [0.15, 0.2) is 29.2 Å². The predicted molar refractivity (Wildman–Crippen MR) is 66.9 cm³/mol. The minimum Gasteiger partial charge on any atom is -0.282 e. The fourth-order valence-electron chi connectivity index (χ4n) is 1.39. The van der Waals surface area contributed by atoms with Crippen molar-refractivity contribution in [2.45, 2.75) is 11.8 Å². The van der Waals surface area contributed by atoms with E-state index >= 15 is 0 Å². The van der Waals surface area contributed by atoms with Crippen LogP contribution in [0.5, 0.6) is 0 Å². The van der Waals surface area contributed by atoms with E-state index in [9.17, 15) is 8.42 Å². The molecule has 0 radical (unpaired) electrons. The molecular weight excluding hydrogens is 258 g/mol. The summed E-state index contributed by atoms with van der Waals surface area (Å²) >= 11 is 4.84. The normalized spacial score (nSPS) is 11.6. The zero-order valence-corrected chi connectivity index (χ0v) is 10.7. The van der Waals surface area contributed by atoms with Crippen LogP contribution in [0.2, 0.25) is 0 Å². The second-order valence-electron chi connectivity index (χ2n) is 3.44. The Morgan fingerprint density at radius 1 is 1.24 bits per heavy atom. The number of rotatable bonds is 3. The van der Waals surface area contributed by atoms with E-state index in [1.807, 2.05) is 0 Å². The summed E-state index contributed by atoms with van der Waals surface area (Å²) < 4.78 is 23.6. The quantitative estimate of drug-likeness (QED) is 0.834. The maximum absolute atomic E-state index is 11.6. The number of sulfone groups is 1. The fraction of sp³-hybridized carbons (Fsp3) is 0.200. The van der Waals surface area contributed by atoms with Crippen LogP contribution >= 0.6 is 12.2 Å². The minimum absolute atomic E-state index is 0.0944. The second kappa shape index (κ2) is 4.42. The zero-order valence-electron chi connectivity index (χ0n) is 9.10. The highest BCUT2D eigenvalue weighted by atomic mass is 32.2.